The molecule has 0 spiro atoms. The fourth-order valence-corrected chi connectivity index (χ4v) is 2.09. The minimum atomic E-state index is 0.327. The molecule has 1 saturated heterocycles. The predicted octanol–water partition coefficient (Wildman–Crippen LogP) is 2.52. The van der Waals surface area contributed by atoms with Gasteiger partial charge in [-0.15, -0.1) is 0 Å². The summed E-state index contributed by atoms with van der Waals surface area (Å²) >= 11 is 0. The Kier molecular flexibility index (Phi) is 6.07. The predicted molar refractivity (Wildman–Crippen MR) is 71.9 cm³/mol. The van der Waals surface area contributed by atoms with E-state index in [0.717, 1.165) is 12.3 Å². The first-order valence-electron chi connectivity index (χ1n) is 6.55. The Balaban J connectivity index is 2.43. The van der Waals surface area contributed by atoms with Crippen molar-refractivity contribution in [2.75, 3.05) is 19.7 Å². The molecule has 0 unspecified atom stereocenters. The lowest BCUT2D eigenvalue weighted by Crippen LogP contribution is -2.32. The van der Waals surface area contributed by atoms with Crippen molar-refractivity contribution < 1.29 is 4.84 Å². The molecule has 1 atom stereocenters. The van der Waals surface area contributed by atoms with Crippen LogP contribution in [0.25, 0.3) is 0 Å². The molecule has 1 aliphatic rings. The molecule has 3 nitrogen and oxygen atoms in total. The van der Waals surface area contributed by atoms with Gasteiger partial charge >= 0.3 is 0 Å². The van der Waals surface area contributed by atoms with Crippen LogP contribution in [-0.4, -0.2) is 36.3 Å². The van der Waals surface area contributed by atoms with Crippen molar-refractivity contribution in [3.63, 3.8) is 0 Å². The van der Waals surface area contributed by atoms with Gasteiger partial charge in [0, 0.05) is 12.0 Å². The van der Waals surface area contributed by atoms with Crippen molar-refractivity contribution >= 4 is 5.71 Å². The number of rotatable bonds is 5. The van der Waals surface area contributed by atoms with Crippen molar-refractivity contribution in [1.82, 2.24) is 4.90 Å². The van der Waals surface area contributed by atoms with E-state index in [1.807, 2.05) is 6.92 Å². The maximum absolute atomic E-state index is 5.47. The first kappa shape index (κ1) is 14.1. The van der Waals surface area contributed by atoms with Gasteiger partial charge in [-0.25, -0.2) is 0 Å². The Morgan fingerprint density at radius 1 is 1.53 bits per heavy atom. The number of likely N-dealkylation sites (tertiary alicyclic amines) is 1. The van der Waals surface area contributed by atoms with Crippen molar-refractivity contribution in [3.05, 3.63) is 0 Å². The summed E-state index contributed by atoms with van der Waals surface area (Å²) in [5, 5.41) is 4.16. The second kappa shape index (κ2) is 7.34. The number of nitrogens with zero attached hydrogens (tertiary/aromatic N) is 2. The normalized spacial score (nSPS) is 21.5. The molecular formula is C14H24N2O. The summed E-state index contributed by atoms with van der Waals surface area (Å²) in [5.41, 5.74) is 0.841. The van der Waals surface area contributed by atoms with Crippen LogP contribution in [-0.2, 0) is 4.84 Å². The molecule has 1 fully saturated rings. The van der Waals surface area contributed by atoms with E-state index in [1.54, 1.807) is 0 Å². The zero-order valence-corrected chi connectivity index (χ0v) is 11.5. The van der Waals surface area contributed by atoms with Crippen LogP contribution in [0.15, 0.2) is 5.16 Å². The summed E-state index contributed by atoms with van der Waals surface area (Å²) < 4.78 is 0. The lowest BCUT2D eigenvalue weighted by atomic mass is 10.1. The molecule has 3 heteroatoms. The molecule has 1 rings (SSSR count). The van der Waals surface area contributed by atoms with E-state index in [0.29, 0.717) is 18.6 Å². The first-order valence-corrected chi connectivity index (χ1v) is 6.55. The van der Waals surface area contributed by atoms with Gasteiger partial charge in [0.1, 0.15) is 12.3 Å². The highest BCUT2D eigenvalue weighted by Crippen LogP contribution is 2.16. The van der Waals surface area contributed by atoms with Crippen molar-refractivity contribution in [3.8, 4) is 11.8 Å². The van der Waals surface area contributed by atoms with Gasteiger partial charge in [-0.3, -0.25) is 4.90 Å². The van der Waals surface area contributed by atoms with Gasteiger partial charge < -0.3 is 4.84 Å². The van der Waals surface area contributed by atoms with Gasteiger partial charge in [0.15, 0.2) is 0 Å². The minimum absolute atomic E-state index is 0.327. The van der Waals surface area contributed by atoms with Crippen molar-refractivity contribution in [2.24, 2.45) is 11.1 Å². The Bertz CT molecular complexity index is 312. The lowest BCUT2D eigenvalue weighted by molar-refractivity contribution is 0.0840. The molecule has 0 saturated carbocycles. The zero-order valence-electron chi connectivity index (χ0n) is 11.5. The first-order chi connectivity index (χ1) is 8.19. The monoisotopic (exact) mass is 236 g/mol. The Labute approximate surface area is 105 Å². The molecule has 0 aromatic heterocycles. The zero-order chi connectivity index (χ0) is 12.7. The van der Waals surface area contributed by atoms with Crippen LogP contribution in [0.4, 0.5) is 0 Å². The van der Waals surface area contributed by atoms with E-state index in [-0.39, 0.29) is 0 Å². The van der Waals surface area contributed by atoms with Crippen LogP contribution < -0.4 is 0 Å². The maximum Gasteiger partial charge on any atom is 0.132 e. The molecule has 0 amide bonds. The molecule has 1 aliphatic heterocycles. The van der Waals surface area contributed by atoms with Gasteiger partial charge in [-0.05, 0) is 38.8 Å². The van der Waals surface area contributed by atoms with Crippen LogP contribution in [0.3, 0.4) is 0 Å². The van der Waals surface area contributed by atoms with Crippen LogP contribution in [0.5, 0.6) is 0 Å². The Hall–Kier alpha value is -1.01. The minimum Gasteiger partial charge on any atom is -0.393 e. The number of hydrogen-bond donors (Lipinski definition) is 0. The second-order valence-corrected chi connectivity index (χ2v) is 4.73. The highest BCUT2D eigenvalue weighted by molar-refractivity contribution is 6.01. The van der Waals surface area contributed by atoms with Crippen molar-refractivity contribution in [2.45, 2.75) is 46.6 Å². The molecule has 96 valence electrons. The van der Waals surface area contributed by atoms with E-state index in [9.17, 15) is 0 Å². The third-order valence-electron chi connectivity index (χ3n) is 3.14. The van der Waals surface area contributed by atoms with Crippen LogP contribution in [0, 0.1) is 17.8 Å². The standard InChI is InChI=1S/C14H24N2O/c1-5-8-14(12(3)4)15-17-11-13-9-7-10-16(13)6-2/h12-13H,6-7,9-11H2,1-4H3/b15-14+/t13-/m1/s1. The summed E-state index contributed by atoms with van der Waals surface area (Å²) in [6, 6.07) is 0.534. The van der Waals surface area contributed by atoms with Crippen LogP contribution >= 0.6 is 0 Å². The molecule has 0 aromatic rings. The third kappa shape index (κ3) is 4.40. The SMILES string of the molecule is CC#C/C(=N\OC[C@H]1CCCN1CC)C(C)C. The van der Waals surface area contributed by atoms with Crippen molar-refractivity contribution in [1.29, 1.82) is 0 Å². The summed E-state index contributed by atoms with van der Waals surface area (Å²) in [7, 11) is 0. The third-order valence-corrected chi connectivity index (χ3v) is 3.14. The number of hydrogen-bond acceptors (Lipinski definition) is 3. The van der Waals surface area contributed by atoms with E-state index in [4.69, 9.17) is 4.84 Å². The quantitative estimate of drug-likeness (QED) is 0.416. The molecule has 17 heavy (non-hydrogen) atoms. The van der Waals surface area contributed by atoms with E-state index < -0.39 is 0 Å². The van der Waals surface area contributed by atoms with Gasteiger partial charge in [0.05, 0.1) is 0 Å². The molecular weight excluding hydrogens is 212 g/mol. The molecule has 0 aromatic carbocycles. The van der Waals surface area contributed by atoms with E-state index >= 15 is 0 Å². The summed E-state index contributed by atoms with van der Waals surface area (Å²) in [4.78, 5) is 7.92. The second-order valence-electron chi connectivity index (χ2n) is 4.73. The molecule has 0 N–H and O–H groups in total. The Morgan fingerprint density at radius 3 is 2.88 bits per heavy atom. The number of oxime groups is 1. The fraction of sp³-hybridized carbons (Fsp3) is 0.786. The van der Waals surface area contributed by atoms with Gasteiger partial charge in [-0.1, -0.05) is 31.8 Å². The summed E-state index contributed by atoms with van der Waals surface area (Å²) in [6.07, 6.45) is 2.50. The highest BCUT2D eigenvalue weighted by atomic mass is 16.6. The van der Waals surface area contributed by atoms with Crippen LogP contribution in [0.1, 0.15) is 40.5 Å². The fourth-order valence-electron chi connectivity index (χ4n) is 2.09. The van der Waals surface area contributed by atoms with E-state index in [2.05, 4.69) is 42.7 Å². The smallest absolute Gasteiger partial charge is 0.132 e. The molecule has 0 radical (unpaired) electrons. The average molecular weight is 236 g/mol. The molecule has 1 heterocycles. The van der Waals surface area contributed by atoms with E-state index in [1.165, 1.54) is 19.4 Å². The van der Waals surface area contributed by atoms with Gasteiger partial charge in [-0.2, -0.15) is 0 Å². The number of likely N-dealkylation sites (N-methyl/N-ethyl adjacent to an activating group) is 1. The average Bonchev–Trinajstić information content (AvgIpc) is 2.75. The van der Waals surface area contributed by atoms with Gasteiger partial charge in [0.2, 0.25) is 0 Å². The maximum atomic E-state index is 5.47. The molecule has 0 aliphatic carbocycles. The summed E-state index contributed by atoms with van der Waals surface area (Å²) in [5.74, 6) is 6.20. The highest BCUT2D eigenvalue weighted by Gasteiger charge is 2.23. The molecule has 0 bridgehead atoms. The topological polar surface area (TPSA) is 24.8 Å². The van der Waals surface area contributed by atoms with Crippen LogP contribution in [0.2, 0.25) is 0 Å². The Morgan fingerprint density at radius 2 is 2.29 bits per heavy atom. The lowest BCUT2D eigenvalue weighted by Gasteiger charge is -2.21. The summed E-state index contributed by atoms with van der Waals surface area (Å²) in [6.45, 7) is 11.2. The largest absolute Gasteiger partial charge is 0.393 e. The van der Waals surface area contributed by atoms with Gasteiger partial charge in [0.25, 0.3) is 0 Å².